The van der Waals surface area contributed by atoms with Gasteiger partial charge in [-0.05, 0) is 32.9 Å². The molecule has 1 unspecified atom stereocenters. The maximum atomic E-state index is 11.1. The zero-order valence-electron chi connectivity index (χ0n) is 7.73. The van der Waals surface area contributed by atoms with Crippen molar-refractivity contribution in [2.45, 2.75) is 38.1 Å². The van der Waals surface area contributed by atoms with Gasteiger partial charge in [-0.1, -0.05) is 6.42 Å². The van der Waals surface area contributed by atoms with Crippen molar-refractivity contribution in [3.05, 3.63) is 0 Å². The van der Waals surface area contributed by atoms with Gasteiger partial charge in [-0.25, -0.2) is 0 Å². The summed E-state index contributed by atoms with van der Waals surface area (Å²) < 4.78 is 0. The van der Waals surface area contributed by atoms with Crippen LogP contribution in [-0.2, 0) is 4.79 Å². The summed E-state index contributed by atoms with van der Waals surface area (Å²) in [5.41, 5.74) is 0. The highest BCUT2D eigenvalue weighted by atomic mass is 16.1. The van der Waals surface area contributed by atoms with Crippen molar-refractivity contribution in [1.82, 2.24) is 10.6 Å². The maximum Gasteiger partial charge on any atom is 0.220 e. The van der Waals surface area contributed by atoms with Crippen molar-refractivity contribution in [2.24, 2.45) is 0 Å². The average molecular weight is 170 g/mol. The molecular weight excluding hydrogens is 152 g/mol. The van der Waals surface area contributed by atoms with Crippen LogP contribution in [0.15, 0.2) is 0 Å². The van der Waals surface area contributed by atoms with Gasteiger partial charge in [-0.15, -0.1) is 0 Å². The van der Waals surface area contributed by atoms with Crippen LogP contribution in [0.4, 0.5) is 0 Å². The highest BCUT2D eigenvalue weighted by Crippen LogP contribution is 2.10. The SMILES string of the molecule is CNCCC1CCCCC(=O)N1. The van der Waals surface area contributed by atoms with Crippen LogP contribution in [0.2, 0.25) is 0 Å². The van der Waals surface area contributed by atoms with Gasteiger partial charge in [0.2, 0.25) is 5.91 Å². The van der Waals surface area contributed by atoms with Crippen molar-refractivity contribution in [3.8, 4) is 0 Å². The molecule has 1 atom stereocenters. The van der Waals surface area contributed by atoms with E-state index in [-0.39, 0.29) is 5.91 Å². The Morgan fingerprint density at radius 2 is 2.42 bits per heavy atom. The lowest BCUT2D eigenvalue weighted by atomic mass is 10.1. The Bertz CT molecular complexity index is 147. The molecule has 0 bridgehead atoms. The number of carbonyl (C=O) groups is 1. The van der Waals surface area contributed by atoms with Crippen LogP contribution in [0.25, 0.3) is 0 Å². The van der Waals surface area contributed by atoms with E-state index in [4.69, 9.17) is 0 Å². The van der Waals surface area contributed by atoms with Crippen molar-refractivity contribution >= 4 is 5.91 Å². The second-order valence-electron chi connectivity index (χ2n) is 3.40. The zero-order chi connectivity index (χ0) is 8.81. The third kappa shape index (κ3) is 3.22. The van der Waals surface area contributed by atoms with Gasteiger partial charge in [0, 0.05) is 12.5 Å². The lowest BCUT2D eigenvalue weighted by Gasteiger charge is -2.14. The van der Waals surface area contributed by atoms with Crippen molar-refractivity contribution in [2.75, 3.05) is 13.6 Å². The normalized spacial score (nSPS) is 24.8. The third-order valence-corrected chi connectivity index (χ3v) is 2.31. The van der Waals surface area contributed by atoms with Crippen LogP contribution < -0.4 is 10.6 Å². The quantitative estimate of drug-likeness (QED) is 0.653. The first kappa shape index (κ1) is 9.52. The molecule has 1 aliphatic heterocycles. The largest absolute Gasteiger partial charge is 0.353 e. The predicted molar refractivity (Wildman–Crippen MR) is 48.9 cm³/mol. The number of hydrogen-bond donors (Lipinski definition) is 2. The standard InChI is InChI=1S/C9H18N2O/c1-10-7-6-8-4-2-3-5-9(12)11-8/h8,10H,2-7H2,1H3,(H,11,12). The van der Waals surface area contributed by atoms with Gasteiger partial charge in [-0.2, -0.15) is 0 Å². The molecule has 1 aliphatic rings. The molecule has 0 radical (unpaired) electrons. The first-order chi connectivity index (χ1) is 5.83. The van der Waals surface area contributed by atoms with Gasteiger partial charge in [0.05, 0.1) is 0 Å². The molecule has 3 nitrogen and oxygen atoms in total. The van der Waals surface area contributed by atoms with Gasteiger partial charge in [0.15, 0.2) is 0 Å². The smallest absolute Gasteiger partial charge is 0.220 e. The number of hydrogen-bond acceptors (Lipinski definition) is 2. The Kier molecular flexibility index (Phi) is 4.08. The molecule has 3 heteroatoms. The molecule has 0 aromatic heterocycles. The predicted octanol–water partition coefficient (Wildman–Crippen LogP) is 0.655. The fourth-order valence-electron chi connectivity index (χ4n) is 1.58. The molecule has 0 aromatic rings. The topological polar surface area (TPSA) is 41.1 Å². The Hall–Kier alpha value is -0.570. The Balaban J connectivity index is 2.26. The van der Waals surface area contributed by atoms with E-state index in [1.807, 2.05) is 7.05 Å². The second-order valence-corrected chi connectivity index (χ2v) is 3.40. The summed E-state index contributed by atoms with van der Waals surface area (Å²) in [6, 6.07) is 0.410. The maximum absolute atomic E-state index is 11.1. The van der Waals surface area contributed by atoms with Gasteiger partial charge >= 0.3 is 0 Å². The number of nitrogens with one attached hydrogen (secondary N) is 2. The van der Waals surface area contributed by atoms with E-state index < -0.39 is 0 Å². The third-order valence-electron chi connectivity index (χ3n) is 2.31. The van der Waals surface area contributed by atoms with E-state index >= 15 is 0 Å². The van der Waals surface area contributed by atoms with Crippen molar-refractivity contribution < 1.29 is 4.79 Å². The summed E-state index contributed by atoms with van der Waals surface area (Å²) in [4.78, 5) is 11.1. The van der Waals surface area contributed by atoms with Gasteiger partial charge in [0.1, 0.15) is 0 Å². The molecule has 0 spiro atoms. The monoisotopic (exact) mass is 170 g/mol. The molecule has 12 heavy (non-hydrogen) atoms. The molecule has 0 aromatic carbocycles. The van der Waals surface area contributed by atoms with E-state index in [0.717, 1.165) is 32.2 Å². The summed E-state index contributed by atoms with van der Waals surface area (Å²) >= 11 is 0. The minimum absolute atomic E-state index is 0.230. The molecule has 2 N–H and O–H groups in total. The Morgan fingerprint density at radius 3 is 3.17 bits per heavy atom. The van der Waals surface area contributed by atoms with Crippen LogP contribution >= 0.6 is 0 Å². The molecular formula is C9H18N2O. The highest BCUT2D eigenvalue weighted by molar-refractivity contribution is 5.76. The van der Waals surface area contributed by atoms with E-state index in [1.54, 1.807) is 0 Å². The van der Waals surface area contributed by atoms with Gasteiger partial charge in [0.25, 0.3) is 0 Å². The molecule has 0 aliphatic carbocycles. The van der Waals surface area contributed by atoms with E-state index in [9.17, 15) is 4.79 Å². The second kappa shape index (κ2) is 5.14. The van der Waals surface area contributed by atoms with Crippen molar-refractivity contribution in [1.29, 1.82) is 0 Å². The highest BCUT2D eigenvalue weighted by Gasteiger charge is 2.14. The van der Waals surface area contributed by atoms with E-state index in [1.165, 1.54) is 6.42 Å². The Morgan fingerprint density at radius 1 is 1.58 bits per heavy atom. The van der Waals surface area contributed by atoms with Crippen LogP contribution in [0.3, 0.4) is 0 Å². The van der Waals surface area contributed by atoms with Crippen molar-refractivity contribution in [3.63, 3.8) is 0 Å². The minimum atomic E-state index is 0.230. The van der Waals surface area contributed by atoms with Gasteiger partial charge in [-0.3, -0.25) is 4.79 Å². The minimum Gasteiger partial charge on any atom is -0.353 e. The van der Waals surface area contributed by atoms with Crippen LogP contribution in [0, 0.1) is 0 Å². The molecule has 1 rings (SSSR count). The molecule has 1 heterocycles. The zero-order valence-corrected chi connectivity index (χ0v) is 7.73. The molecule has 0 saturated carbocycles. The molecule has 1 fully saturated rings. The number of amides is 1. The van der Waals surface area contributed by atoms with Crippen LogP contribution in [0.1, 0.15) is 32.1 Å². The van der Waals surface area contributed by atoms with Crippen LogP contribution in [-0.4, -0.2) is 25.5 Å². The summed E-state index contributed by atoms with van der Waals surface area (Å²) in [5, 5.41) is 6.13. The Labute approximate surface area is 73.9 Å². The summed E-state index contributed by atoms with van der Waals surface area (Å²) in [5.74, 6) is 0.230. The van der Waals surface area contributed by atoms with E-state index in [0.29, 0.717) is 6.04 Å². The number of rotatable bonds is 3. The lowest BCUT2D eigenvalue weighted by molar-refractivity contribution is -0.121. The average Bonchev–Trinajstić information content (AvgIpc) is 2.26. The molecule has 1 amide bonds. The van der Waals surface area contributed by atoms with E-state index in [2.05, 4.69) is 10.6 Å². The molecule has 70 valence electrons. The van der Waals surface area contributed by atoms with Crippen LogP contribution in [0.5, 0.6) is 0 Å². The lowest BCUT2D eigenvalue weighted by Crippen LogP contribution is -2.34. The fourth-order valence-corrected chi connectivity index (χ4v) is 1.58. The van der Waals surface area contributed by atoms with Gasteiger partial charge < -0.3 is 10.6 Å². The molecule has 1 saturated heterocycles. The number of carbonyl (C=O) groups excluding carboxylic acids is 1. The first-order valence-corrected chi connectivity index (χ1v) is 4.77. The summed E-state index contributed by atoms with van der Waals surface area (Å²) in [7, 11) is 1.94. The fraction of sp³-hybridized carbons (Fsp3) is 0.889. The summed E-state index contributed by atoms with van der Waals surface area (Å²) in [6.45, 7) is 0.991. The summed E-state index contributed by atoms with van der Waals surface area (Å²) in [6.07, 6.45) is 5.17. The first-order valence-electron chi connectivity index (χ1n) is 4.77.